The van der Waals surface area contributed by atoms with Crippen molar-refractivity contribution in [2.45, 2.75) is 38.5 Å². The number of carbonyl (C=O) groups excluding carboxylic acids is 2. The molecule has 0 radical (unpaired) electrons. The van der Waals surface area contributed by atoms with Crippen LogP contribution in [0.4, 0.5) is 4.79 Å². The average Bonchev–Trinajstić information content (AvgIpc) is 2.96. The number of benzene rings is 1. The molecule has 1 N–H and O–H groups in total. The maximum Gasteiger partial charge on any atom is 0.410 e. The number of nitrogens with one attached hydrogen (secondary N) is 1. The molecule has 0 aromatic heterocycles. The number of carbonyl (C=O) groups is 2. The summed E-state index contributed by atoms with van der Waals surface area (Å²) in [6.07, 6.45) is -0.699. The van der Waals surface area contributed by atoms with Crippen LogP contribution in [-0.2, 0) is 9.47 Å². The van der Waals surface area contributed by atoms with Crippen LogP contribution < -0.4 is 10.1 Å². The number of methoxy groups -OCH3 is 2. The Morgan fingerprint density at radius 1 is 1.20 bits per heavy atom. The van der Waals surface area contributed by atoms with Gasteiger partial charge in [0.1, 0.15) is 11.4 Å². The second kappa shape index (κ2) is 7.74. The zero-order valence-corrected chi connectivity index (χ0v) is 15.4. The molecule has 1 heterocycles. The molecule has 7 nitrogen and oxygen atoms in total. The van der Waals surface area contributed by atoms with Crippen LogP contribution in [0.25, 0.3) is 0 Å². The van der Waals surface area contributed by atoms with Crippen molar-refractivity contribution in [1.29, 1.82) is 0 Å². The summed E-state index contributed by atoms with van der Waals surface area (Å²) in [5.74, 6) is 0.370. The van der Waals surface area contributed by atoms with E-state index in [0.29, 0.717) is 24.4 Å². The van der Waals surface area contributed by atoms with E-state index in [-0.39, 0.29) is 18.1 Å². The van der Waals surface area contributed by atoms with Crippen molar-refractivity contribution in [3.05, 3.63) is 29.8 Å². The van der Waals surface area contributed by atoms with Crippen molar-refractivity contribution in [3.8, 4) is 5.75 Å². The van der Waals surface area contributed by atoms with E-state index in [1.165, 1.54) is 0 Å². The molecule has 1 fully saturated rings. The zero-order chi connectivity index (χ0) is 18.6. The van der Waals surface area contributed by atoms with E-state index in [1.807, 2.05) is 20.8 Å². The van der Waals surface area contributed by atoms with E-state index >= 15 is 0 Å². The Kier molecular flexibility index (Phi) is 5.89. The third-order valence-electron chi connectivity index (χ3n) is 3.87. The fourth-order valence-electron chi connectivity index (χ4n) is 2.64. The average molecular weight is 350 g/mol. The first-order chi connectivity index (χ1) is 11.7. The van der Waals surface area contributed by atoms with Gasteiger partial charge in [-0.2, -0.15) is 0 Å². The number of rotatable bonds is 4. The highest BCUT2D eigenvalue weighted by molar-refractivity contribution is 5.94. The van der Waals surface area contributed by atoms with Gasteiger partial charge < -0.3 is 24.4 Å². The van der Waals surface area contributed by atoms with Gasteiger partial charge in [0.15, 0.2) is 0 Å². The molecule has 7 heteroatoms. The highest BCUT2D eigenvalue weighted by atomic mass is 16.6. The van der Waals surface area contributed by atoms with Gasteiger partial charge in [0, 0.05) is 19.2 Å². The standard InChI is InChI=1S/C18H26N2O5/c1-18(2,3)25-17(22)20-10-14(15(11-20)24-5)19-16(21)12-7-6-8-13(9-12)23-4/h6-9,14-15H,10-11H2,1-5H3,(H,19,21)/t14-,15-/m0/s1. The van der Waals surface area contributed by atoms with Crippen molar-refractivity contribution in [1.82, 2.24) is 10.2 Å². The van der Waals surface area contributed by atoms with Gasteiger partial charge in [0.25, 0.3) is 5.91 Å². The third-order valence-corrected chi connectivity index (χ3v) is 3.87. The van der Waals surface area contributed by atoms with Gasteiger partial charge in [0.2, 0.25) is 0 Å². The molecule has 2 rings (SSSR count). The fourth-order valence-corrected chi connectivity index (χ4v) is 2.64. The van der Waals surface area contributed by atoms with Crippen LogP contribution in [-0.4, -0.2) is 62.0 Å². The topological polar surface area (TPSA) is 77.1 Å². The molecular formula is C18H26N2O5. The smallest absolute Gasteiger partial charge is 0.410 e. The lowest BCUT2D eigenvalue weighted by Gasteiger charge is -2.24. The Balaban J connectivity index is 2.03. The van der Waals surface area contributed by atoms with Crippen LogP contribution in [0.1, 0.15) is 31.1 Å². The molecule has 1 saturated heterocycles. The van der Waals surface area contributed by atoms with E-state index in [9.17, 15) is 9.59 Å². The van der Waals surface area contributed by atoms with Gasteiger partial charge in [-0.25, -0.2) is 4.79 Å². The van der Waals surface area contributed by atoms with Crippen LogP contribution in [0.3, 0.4) is 0 Å². The summed E-state index contributed by atoms with van der Waals surface area (Å²) in [4.78, 5) is 26.3. The van der Waals surface area contributed by atoms with Crippen molar-refractivity contribution in [2.24, 2.45) is 0 Å². The second-order valence-corrected chi connectivity index (χ2v) is 6.97. The molecule has 2 atom stereocenters. The zero-order valence-electron chi connectivity index (χ0n) is 15.4. The van der Waals surface area contributed by atoms with E-state index in [4.69, 9.17) is 14.2 Å². The highest BCUT2D eigenvalue weighted by Gasteiger charge is 2.38. The molecule has 0 spiro atoms. The van der Waals surface area contributed by atoms with E-state index in [1.54, 1.807) is 43.4 Å². The van der Waals surface area contributed by atoms with Gasteiger partial charge in [-0.1, -0.05) is 6.07 Å². The molecule has 0 aliphatic carbocycles. The number of hydrogen-bond acceptors (Lipinski definition) is 5. The van der Waals surface area contributed by atoms with Crippen LogP contribution in [0.2, 0.25) is 0 Å². The largest absolute Gasteiger partial charge is 0.497 e. The highest BCUT2D eigenvalue weighted by Crippen LogP contribution is 2.19. The second-order valence-electron chi connectivity index (χ2n) is 6.97. The lowest BCUT2D eigenvalue weighted by Crippen LogP contribution is -2.44. The molecule has 0 saturated carbocycles. The summed E-state index contributed by atoms with van der Waals surface area (Å²) in [6.45, 7) is 6.15. The van der Waals surface area contributed by atoms with Gasteiger partial charge in [0.05, 0.1) is 25.8 Å². The Bertz CT molecular complexity index is 626. The molecule has 2 amide bonds. The van der Waals surface area contributed by atoms with Gasteiger partial charge >= 0.3 is 6.09 Å². The fraction of sp³-hybridized carbons (Fsp3) is 0.556. The Morgan fingerprint density at radius 2 is 1.92 bits per heavy atom. The van der Waals surface area contributed by atoms with Gasteiger partial charge in [-0.3, -0.25) is 4.79 Å². The number of ether oxygens (including phenoxy) is 3. The monoisotopic (exact) mass is 350 g/mol. The minimum absolute atomic E-state index is 0.239. The maximum atomic E-state index is 12.5. The molecule has 25 heavy (non-hydrogen) atoms. The maximum absolute atomic E-state index is 12.5. The predicted octanol–water partition coefficient (Wildman–Crippen LogP) is 2.06. The molecular weight excluding hydrogens is 324 g/mol. The van der Waals surface area contributed by atoms with Crippen LogP contribution >= 0.6 is 0 Å². The summed E-state index contributed by atoms with van der Waals surface area (Å²) in [5, 5.41) is 2.93. The summed E-state index contributed by atoms with van der Waals surface area (Å²) in [6, 6.07) is 6.59. The molecule has 1 aromatic rings. The summed E-state index contributed by atoms with van der Waals surface area (Å²) in [7, 11) is 3.11. The van der Waals surface area contributed by atoms with Crippen molar-refractivity contribution in [3.63, 3.8) is 0 Å². The van der Waals surface area contributed by atoms with Gasteiger partial charge in [-0.15, -0.1) is 0 Å². The van der Waals surface area contributed by atoms with Gasteiger partial charge in [-0.05, 0) is 39.0 Å². The van der Waals surface area contributed by atoms with E-state index in [2.05, 4.69) is 5.32 Å². The third kappa shape index (κ3) is 5.09. The normalized spacial score (nSPS) is 20.3. The van der Waals surface area contributed by atoms with Crippen LogP contribution in [0, 0.1) is 0 Å². The Labute approximate surface area is 148 Å². The van der Waals surface area contributed by atoms with Crippen LogP contribution in [0.15, 0.2) is 24.3 Å². The molecule has 1 aromatic carbocycles. The van der Waals surface area contributed by atoms with Crippen LogP contribution in [0.5, 0.6) is 5.75 Å². The van der Waals surface area contributed by atoms with Crippen molar-refractivity contribution >= 4 is 12.0 Å². The SMILES string of the molecule is COc1cccc(C(=O)N[C@H]2CN(C(=O)OC(C)(C)C)C[C@@H]2OC)c1. The number of likely N-dealkylation sites (tertiary alicyclic amines) is 1. The number of nitrogens with zero attached hydrogens (tertiary/aromatic N) is 1. The predicted molar refractivity (Wildman–Crippen MR) is 92.9 cm³/mol. The van der Waals surface area contributed by atoms with E-state index in [0.717, 1.165) is 0 Å². The molecule has 1 aliphatic heterocycles. The summed E-state index contributed by atoms with van der Waals surface area (Å²) in [5.41, 5.74) is -0.0772. The Morgan fingerprint density at radius 3 is 2.52 bits per heavy atom. The van der Waals surface area contributed by atoms with Crippen molar-refractivity contribution in [2.75, 3.05) is 27.3 Å². The minimum Gasteiger partial charge on any atom is -0.497 e. The first-order valence-corrected chi connectivity index (χ1v) is 8.19. The van der Waals surface area contributed by atoms with E-state index < -0.39 is 11.7 Å². The number of amides is 2. The summed E-state index contributed by atoms with van der Waals surface area (Å²) < 4.78 is 16.0. The lowest BCUT2D eigenvalue weighted by molar-refractivity contribution is 0.0252. The molecule has 0 unspecified atom stereocenters. The quantitative estimate of drug-likeness (QED) is 0.899. The Hall–Kier alpha value is -2.28. The molecule has 1 aliphatic rings. The van der Waals surface area contributed by atoms with Crippen molar-refractivity contribution < 1.29 is 23.8 Å². The molecule has 138 valence electrons. The lowest BCUT2D eigenvalue weighted by atomic mass is 10.1. The molecule has 0 bridgehead atoms. The summed E-state index contributed by atoms with van der Waals surface area (Å²) >= 11 is 0. The first kappa shape index (κ1) is 19.1. The minimum atomic E-state index is -0.568. The first-order valence-electron chi connectivity index (χ1n) is 8.19. The number of hydrogen-bond donors (Lipinski definition) is 1.